The van der Waals surface area contributed by atoms with Crippen LogP contribution < -0.4 is 20.1 Å². The smallest absolute Gasteiger partial charge is 0.319 e. The van der Waals surface area contributed by atoms with Crippen LogP contribution in [-0.4, -0.2) is 69.5 Å². The van der Waals surface area contributed by atoms with Gasteiger partial charge in [-0.15, -0.1) is 0 Å². The van der Waals surface area contributed by atoms with Gasteiger partial charge in [0.2, 0.25) is 0 Å². The predicted molar refractivity (Wildman–Crippen MR) is 154 cm³/mol. The molecule has 1 aliphatic heterocycles. The summed E-state index contributed by atoms with van der Waals surface area (Å²) in [7, 11) is 4.91. The molecule has 0 radical (unpaired) electrons. The number of amides is 2. The Labute approximate surface area is 228 Å². The number of anilines is 1. The molecule has 0 aliphatic carbocycles. The van der Waals surface area contributed by atoms with Gasteiger partial charge in [-0.3, -0.25) is 4.90 Å². The number of carbonyl (C=O) groups is 1. The van der Waals surface area contributed by atoms with Crippen molar-refractivity contribution in [2.45, 2.75) is 12.0 Å². The number of fused-ring (bicyclic) bond motifs is 1. The second-order valence-corrected chi connectivity index (χ2v) is 9.62. The maximum atomic E-state index is 13.5. The average molecular weight is 527 g/mol. The summed E-state index contributed by atoms with van der Waals surface area (Å²) < 4.78 is 16.3. The standard InChI is InChI=1S/C31H34N4O4/c1-37-15-14-35-19-24(21-10-6-4-7-11-21)27(20-35)34-31(36)33-26-16-23-17-28(38-2)29(39-3)18-25(23)32-30(26)22-12-8-5-9-13-22/h4-13,16-18,24,27H,14-15,19-20H2,1-3H3,(H2,33,34,36)/t24-,27+/m0/s1. The normalized spacial score (nSPS) is 17.2. The first-order chi connectivity index (χ1) is 19.1. The van der Waals surface area contributed by atoms with Crippen molar-refractivity contribution < 1.29 is 19.0 Å². The van der Waals surface area contributed by atoms with Crippen LogP contribution in [0.25, 0.3) is 22.2 Å². The quantitative estimate of drug-likeness (QED) is 0.314. The van der Waals surface area contributed by atoms with Crippen LogP contribution in [0.1, 0.15) is 11.5 Å². The number of hydrogen-bond acceptors (Lipinski definition) is 6. The summed E-state index contributed by atoms with van der Waals surface area (Å²) in [5.74, 6) is 1.37. The molecule has 39 heavy (non-hydrogen) atoms. The van der Waals surface area contributed by atoms with Crippen molar-refractivity contribution in [3.05, 3.63) is 84.4 Å². The third-order valence-electron chi connectivity index (χ3n) is 7.17. The molecule has 2 amide bonds. The molecule has 5 rings (SSSR count). The number of methoxy groups -OCH3 is 3. The largest absolute Gasteiger partial charge is 0.493 e. The van der Waals surface area contributed by atoms with Crippen LogP contribution in [0, 0.1) is 0 Å². The maximum Gasteiger partial charge on any atom is 0.319 e. The van der Waals surface area contributed by atoms with E-state index in [9.17, 15) is 4.79 Å². The number of aromatic nitrogens is 1. The Morgan fingerprint density at radius 2 is 1.62 bits per heavy atom. The maximum absolute atomic E-state index is 13.5. The van der Waals surface area contributed by atoms with Crippen molar-refractivity contribution in [2.75, 3.05) is 52.9 Å². The predicted octanol–water partition coefficient (Wildman–Crippen LogP) is 5.15. The number of pyridine rings is 1. The van der Waals surface area contributed by atoms with E-state index in [-0.39, 0.29) is 18.0 Å². The fourth-order valence-electron chi connectivity index (χ4n) is 5.21. The molecule has 2 heterocycles. The molecule has 0 saturated carbocycles. The number of benzene rings is 3. The topological polar surface area (TPSA) is 85.0 Å². The Balaban J connectivity index is 1.44. The van der Waals surface area contributed by atoms with Crippen LogP contribution in [0.15, 0.2) is 78.9 Å². The van der Waals surface area contributed by atoms with E-state index in [4.69, 9.17) is 19.2 Å². The van der Waals surface area contributed by atoms with Gasteiger partial charge in [0.1, 0.15) is 0 Å². The van der Waals surface area contributed by atoms with Gasteiger partial charge in [-0.2, -0.15) is 0 Å². The summed E-state index contributed by atoms with van der Waals surface area (Å²) in [6, 6.07) is 25.5. The fourth-order valence-corrected chi connectivity index (χ4v) is 5.21. The molecule has 8 heteroatoms. The molecule has 4 aromatic rings. The van der Waals surface area contributed by atoms with Crippen molar-refractivity contribution in [3.63, 3.8) is 0 Å². The molecule has 202 valence electrons. The Morgan fingerprint density at radius 3 is 2.31 bits per heavy atom. The first-order valence-corrected chi connectivity index (χ1v) is 13.1. The van der Waals surface area contributed by atoms with Crippen LogP contribution in [-0.2, 0) is 4.74 Å². The minimum absolute atomic E-state index is 0.0535. The minimum Gasteiger partial charge on any atom is -0.493 e. The Morgan fingerprint density at radius 1 is 0.923 bits per heavy atom. The van der Waals surface area contributed by atoms with E-state index in [0.717, 1.165) is 36.1 Å². The van der Waals surface area contributed by atoms with Gasteiger partial charge in [-0.05, 0) is 17.7 Å². The van der Waals surface area contributed by atoms with Gasteiger partial charge in [0.25, 0.3) is 0 Å². The van der Waals surface area contributed by atoms with Gasteiger partial charge >= 0.3 is 6.03 Å². The fraction of sp³-hybridized carbons (Fsp3) is 0.290. The summed E-state index contributed by atoms with van der Waals surface area (Å²) in [6.07, 6.45) is 0. The van der Waals surface area contributed by atoms with Crippen LogP contribution in [0.2, 0.25) is 0 Å². The van der Waals surface area contributed by atoms with E-state index in [1.54, 1.807) is 21.3 Å². The Bertz CT molecular complexity index is 1410. The van der Waals surface area contributed by atoms with Crippen molar-refractivity contribution in [2.24, 2.45) is 0 Å². The first kappa shape index (κ1) is 26.5. The molecule has 1 aliphatic rings. The van der Waals surface area contributed by atoms with Crippen LogP contribution in [0.4, 0.5) is 10.5 Å². The number of urea groups is 1. The van der Waals surface area contributed by atoms with Gasteiger partial charge < -0.3 is 24.8 Å². The molecule has 1 fully saturated rings. The number of likely N-dealkylation sites (tertiary alicyclic amines) is 1. The summed E-state index contributed by atoms with van der Waals surface area (Å²) in [4.78, 5) is 20.7. The zero-order valence-corrected chi connectivity index (χ0v) is 22.5. The van der Waals surface area contributed by atoms with Crippen molar-refractivity contribution >= 4 is 22.6 Å². The van der Waals surface area contributed by atoms with E-state index < -0.39 is 0 Å². The molecule has 0 bridgehead atoms. The minimum atomic E-state index is -0.270. The third kappa shape index (κ3) is 5.97. The number of carbonyl (C=O) groups excluding carboxylic acids is 1. The summed E-state index contributed by atoms with van der Waals surface area (Å²) >= 11 is 0. The van der Waals surface area contributed by atoms with Gasteiger partial charge in [-0.25, -0.2) is 9.78 Å². The lowest BCUT2D eigenvalue weighted by Crippen LogP contribution is -2.42. The molecule has 0 unspecified atom stereocenters. The van der Waals surface area contributed by atoms with Gasteiger partial charge in [0.05, 0.1) is 43.8 Å². The SMILES string of the molecule is COCCN1C[C@@H](NC(=O)Nc2cc3cc(OC)c(OC)cc3nc2-c2ccccc2)[C@H](c2ccccc2)C1. The molecule has 1 aromatic heterocycles. The van der Waals surface area contributed by atoms with Crippen LogP contribution >= 0.6 is 0 Å². The Kier molecular flexibility index (Phi) is 8.24. The summed E-state index contributed by atoms with van der Waals surface area (Å²) in [5.41, 5.74) is 4.15. The highest BCUT2D eigenvalue weighted by atomic mass is 16.5. The highest BCUT2D eigenvalue weighted by Gasteiger charge is 2.34. The average Bonchev–Trinajstić information content (AvgIpc) is 3.38. The van der Waals surface area contributed by atoms with Gasteiger partial charge in [-0.1, -0.05) is 60.7 Å². The zero-order valence-electron chi connectivity index (χ0n) is 22.5. The molecule has 8 nitrogen and oxygen atoms in total. The summed E-state index contributed by atoms with van der Waals surface area (Å²) in [5, 5.41) is 7.17. The summed E-state index contributed by atoms with van der Waals surface area (Å²) in [6.45, 7) is 3.07. The lowest BCUT2D eigenvalue weighted by atomic mass is 9.94. The lowest BCUT2D eigenvalue weighted by Gasteiger charge is -2.21. The lowest BCUT2D eigenvalue weighted by molar-refractivity contribution is 0.159. The van der Waals surface area contributed by atoms with Crippen molar-refractivity contribution in [1.82, 2.24) is 15.2 Å². The van der Waals surface area contributed by atoms with Crippen molar-refractivity contribution in [1.29, 1.82) is 0 Å². The molecule has 2 atom stereocenters. The highest BCUT2D eigenvalue weighted by molar-refractivity contribution is 5.98. The van der Waals surface area contributed by atoms with Crippen molar-refractivity contribution in [3.8, 4) is 22.8 Å². The molecule has 1 saturated heterocycles. The molecule has 2 N–H and O–H groups in total. The molecular formula is C31H34N4O4. The first-order valence-electron chi connectivity index (χ1n) is 13.1. The second kappa shape index (κ2) is 12.1. The number of nitrogens with one attached hydrogen (secondary N) is 2. The monoisotopic (exact) mass is 526 g/mol. The Hall–Kier alpha value is -4.14. The number of nitrogens with zero attached hydrogens (tertiary/aromatic N) is 2. The third-order valence-corrected chi connectivity index (χ3v) is 7.17. The van der Waals surface area contributed by atoms with E-state index in [0.29, 0.717) is 29.5 Å². The second-order valence-electron chi connectivity index (χ2n) is 9.62. The number of ether oxygens (including phenoxy) is 3. The van der Waals surface area contributed by atoms with E-state index in [2.05, 4.69) is 27.7 Å². The van der Waals surface area contributed by atoms with E-state index in [1.807, 2.05) is 66.7 Å². The molecular weight excluding hydrogens is 492 g/mol. The molecule has 3 aromatic carbocycles. The number of rotatable bonds is 9. The van der Waals surface area contributed by atoms with E-state index in [1.165, 1.54) is 5.56 Å². The molecule has 0 spiro atoms. The van der Waals surface area contributed by atoms with Crippen LogP contribution in [0.3, 0.4) is 0 Å². The zero-order chi connectivity index (χ0) is 27.2. The van der Waals surface area contributed by atoms with Gasteiger partial charge in [0.15, 0.2) is 11.5 Å². The van der Waals surface area contributed by atoms with Gasteiger partial charge in [0, 0.05) is 49.7 Å². The van der Waals surface area contributed by atoms with Crippen LogP contribution in [0.5, 0.6) is 11.5 Å². The van der Waals surface area contributed by atoms with E-state index >= 15 is 0 Å². The number of hydrogen-bond donors (Lipinski definition) is 2. The highest BCUT2D eigenvalue weighted by Crippen LogP contribution is 2.36.